The van der Waals surface area contributed by atoms with Gasteiger partial charge in [-0.3, -0.25) is 9.59 Å². The number of nitrogens with one attached hydrogen (secondary N) is 2. The quantitative estimate of drug-likeness (QED) is 0.355. The minimum atomic E-state index is -0.471. The zero-order chi connectivity index (χ0) is 26.5. The summed E-state index contributed by atoms with van der Waals surface area (Å²) in [5.74, 6) is -0.724. The Hall–Kier alpha value is -4.43. The van der Waals surface area contributed by atoms with E-state index in [1.807, 2.05) is 80.5 Å². The molecule has 0 spiro atoms. The Morgan fingerprint density at radius 2 is 1.65 bits per heavy atom. The van der Waals surface area contributed by atoms with Gasteiger partial charge in [-0.1, -0.05) is 36.4 Å². The zero-order valence-electron chi connectivity index (χ0n) is 21.4. The molecule has 0 unspecified atom stereocenters. The molecule has 0 aliphatic carbocycles. The summed E-state index contributed by atoms with van der Waals surface area (Å²) < 4.78 is 4.81. The van der Waals surface area contributed by atoms with E-state index in [0.29, 0.717) is 41.2 Å². The van der Waals surface area contributed by atoms with Gasteiger partial charge in [0, 0.05) is 23.5 Å². The van der Waals surface area contributed by atoms with Crippen LogP contribution < -0.4 is 15.5 Å². The number of rotatable bonds is 8. The summed E-state index contributed by atoms with van der Waals surface area (Å²) in [6.45, 7) is 2.83. The maximum Gasteiger partial charge on any atom is 0.337 e. The Morgan fingerprint density at radius 1 is 0.946 bits per heavy atom. The summed E-state index contributed by atoms with van der Waals surface area (Å²) in [7, 11) is 5.05. The van der Waals surface area contributed by atoms with Gasteiger partial charge in [0.05, 0.1) is 36.2 Å². The number of nitrogens with zero attached hydrogens (tertiary/aromatic N) is 2. The van der Waals surface area contributed by atoms with E-state index in [0.717, 1.165) is 16.9 Å². The largest absolute Gasteiger partial charge is 0.465 e. The monoisotopic (exact) mass is 498 g/mol. The van der Waals surface area contributed by atoms with Gasteiger partial charge in [-0.05, 0) is 63.0 Å². The van der Waals surface area contributed by atoms with E-state index in [1.165, 1.54) is 7.11 Å². The SMILES string of the molecule is CCN(C(=O)CN(C)C)c1ccc(NC(=C2C(=O)Nc3cc(C(=O)OC)ccc32)c2ccccc2)cc1. The summed E-state index contributed by atoms with van der Waals surface area (Å²) in [5.41, 5.74) is 5.09. The Bertz CT molecular complexity index is 1350. The molecule has 3 aromatic carbocycles. The number of esters is 1. The second-order valence-electron chi connectivity index (χ2n) is 8.87. The molecule has 1 aliphatic rings. The van der Waals surface area contributed by atoms with Crippen LogP contribution in [0.4, 0.5) is 17.1 Å². The fourth-order valence-corrected chi connectivity index (χ4v) is 4.28. The summed E-state index contributed by atoms with van der Waals surface area (Å²) in [6.07, 6.45) is 0. The van der Waals surface area contributed by atoms with Gasteiger partial charge in [-0.15, -0.1) is 0 Å². The molecule has 1 heterocycles. The van der Waals surface area contributed by atoms with Crippen molar-refractivity contribution < 1.29 is 19.1 Å². The fraction of sp³-hybridized carbons (Fsp3) is 0.207. The van der Waals surface area contributed by atoms with Crippen LogP contribution in [0.15, 0.2) is 72.8 Å². The standard InChI is InChI=1S/C29H30N4O4/c1-5-33(25(34)18-32(2)3)22-14-12-21(13-15-22)30-27(19-9-7-6-8-10-19)26-23-16-11-20(29(36)37-4)17-24(23)31-28(26)35/h6-17,30H,5,18H2,1-4H3,(H,31,35). The number of benzene rings is 3. The molecular weight excluding hydrogens is 468 g/mol. The lowest BCUT2D eigenvalue weighted by atomic mass is 9.99. The fourth-order valence-electron chi connectivity index (χ4n) is 4.28. The van der Waals surface area contributed by atoms with Crippen molar-refractivity contribution in [1.29, 1.82) is 0 Å². The number of hydrogen-bond acceptors (Lipinski definition) is 6. The number of fused-ring (bicyclic) bond motifs is 1. The predicted molar refractivity (Wildman–Crippen MR) is 146 cm³/mol. The number of methoxy groups -OCH3 is 1. The van der Waals surface area contributed by atoms with Gasteiger partial charge in [0.15, 0.2) is 0 Å². The van der Waals surface area contributed by atoms with Crippen LogP contribution in [0.2, 0.25) is 0 Å². The molecule has 0 radical (unpaired) electrons. The van der Waals surface area contributed by atoms with Crippen LogP contribution in [-0.4, -0.2) is 57.0 Å². The summed E-state index contributed by atoms with van der Waals surface area (Å²) in [6, 6.07) is 22.1. The zero-order valence-corrected chi connectivity index (χ0v) is 21.4. The first-order valence-corrected chi connectivity index (χ1v) is 12.0. The molecule has 0 bridgehead atoms. The summed E-state index contributed by atoms with van der Waals surface area (Å²) in [4.78, 5) is 41.4. The molecule has 3 aromatic rings. The highest BCUT2D eigenvalue weighted by molar-refractivity contribution is 6.37. The number of ether oxygens (including phenoxy) is 1. The second kappa shape index (κ2) is 11.1. The smallest absolute Gasteiger partial charge is 0.337 e. The van der Waals surface area contributed by atoms with Crippen molar-refractivity contribution >= 4 is 46.1 Å². The molecule has 1 aliphatic heterocycles. The van der Waals surface area contributed by atoms with Crippen LogP contribution in [0.1, 0.15) is 28.4 Å². The van der Waals surface area contributed by atoms with Crippen molar-refractivity contribution in [3.63, 3.8) is 0 Å². The molecule has 190 valence electrons. The van der Waals surface area contributed by atoms with E-state index in [-0.39, 0.29) is 11.8 Å². The average Bonchev–Trinajstić information content (AvgIpc) is 3.22. The van der Waals surface area contributed by atoms with Crippen LogP contribution in [0.25, 0.3) is 11.3 Å². The molecule has 37 heavy (non-hydrogen) atoms. The molecule has 8 nitrogen and oxygen atoms in total. The van der Waals surface area contributed by atoms with Crippen molar-refractivity contribution in [2.24, 2.45) is 0 Å². The van der Waals surface area contributed by atoms with Crippen LogP contribution >= 0.6 is 0 Å². The molecule has 4 rings (SSSR count). The number of carbonyl (C=O) groups excluding carboxylic acids is 3. The number of anilines is 3. The molecule has 0 saturated carbocycles. The Balaban J connectivity index is 1.72. The molecule has 0 fully saturated rings. The highest BCUT2D eigenvalue weighted by atomic mass is 16.5. The van der Waals surface area contributed by atoms with E-state index in [1.54, 1.807) is 23.1 Å². The van der Waals surface area contributed by atoms with Crippen molar-refractivity contribution in [2.45, 2.75) is 6.92 Å². The first-order chi connectivity index (χ1) is 17.8. The van der Waals surface area contributed by atoms with Gasteiger partial charge in [0.2, 0.25) is 5.91 Å². The predicted octanol–water partition coefficient (Wildman–Crippen LogP) is 4.32. The maximum absolute atomic E-state index is 13.2. The van der Waals surface area contributed by atoms with Crippen LogP contribution in [-0.2, 0) is 14.3 Å². The molecule has 0 aromatic heterocycles. The second-order valence-corrected chi connectivity index (χ2v) is 8.87. The maximum atomic E-state index is 13.2. The lowest BCUT2D eigenvalue weighted by Crippen LogP contribution is -2.37. The Morgan fingerprint density at radius 3 is 2.27 bits per heavy atom. The van der Waals surface area contributed by atoms with Crippen molar-refractivity contribution in [3.05, 3.63) is 89.5 Å². The Kier molecular flexibility index (Phi) is 7.69. The van der Waals surface area contributed by atoms with E-state index in [2.05, 4.69) is 10.6 Å². The van der Waals surface area contributed by atoms with E-state index < -0.39 is 5.97 Å². The third-order valence-corrected chi connectivity index (χ3v) is 6.01. The number of hydrogen-bond donors (Lipinski definition) is 2. The molecular formula is C29H30N4O4. The van der Waals surface area contributed by atoms with Crippen LogP contribution in [0.3, 0.4) is 0 Å². The lowest BCUT2D eigenvalue weighted by molar-refractivity contribution is -0.119. The normalized spacial score (nSPS) is 13.6. The first kappa shape index (κ1) is 25.7. The Labute approximate surface area is 216 Å². The van der Waals surface area contributed by atoms with Gasteiger partial charge in [-0.2, -0.15) is 0 Å². The molecule has 0 atom stereocenters. The van der Waals surface area contributed by atoms with E-state index in [9.17, 15) is 14.4 Å². The highest BCUT2D eigenvalue weighted by Crippen LogP contribution is 2.38. The van der Waals surface area contributed by atoms with Crippen LogP contribution in [0.5, 0.6) is 0 Å². The molecule has 8 heteroatoms. The third-order valence-electron chi connectivity index (χ3n) is 6.01. The van der Waals surface area contributed by atoms with Gasteiger partial charge >= 0.3 is 5.97 Å². The third kappa shape index (κ3) is 5.54. The number of amides is 2. The van der Waals surface area contributed by atoms with Crippen molar-refractivity contribution in [3.8, 4) is 0 Å². The van der Waals surface area contributed by atoms with Crippen LogP contribution in [0, 0.1) is 0 Å². The van der Waals surface area contributed by atoms with E-state index >= 15 is 0 Å². The van der Waals surface area contributed by atoms with Gasteiger partial charge < -0.3 is 25.2 Å². The summed E-state index contributed by atoms with van der Waals surface area (Å²) in [5, 5.41) is 6.29. The van der Waals surface area contributed by atoms with Crippen molar-refractivity contribution in [2.75, 3.05) is 49.8 Å². The highest BCUT2D eigenvalue weighted by Gasteiger charge is 2.29. The number of carbonyl (C=O) groups is 3. The minimum Gasteiger partial charge on any atom is -0.465 e. The van der Waals surface area contributed by atoms with E-state index in [4.69, 9.17) is 4.74 Å². The lowest BCUT2D eigenvalue weighted by Gasteiger charge is -2.23. The summed E-state index contributed by atoms with van der Waals surface area (Å²) >= 11 is 0. The van der Waals surface area contributed by atoms with Gasteiger partial charge in [0.25, 0.3) is 5.91 Å². The molecule has 2 N–H and O–H groups in total. The minimum absolute atomic E-state index is 0.0193. The topological polar surface area (TPSA) is 91.0 Å². The molecule has 2 amide bonds. The number of likely N-dealkylation sites (N-methyl/N-ethyl adjacent to an activating group) is 2. The average molecular weight is 499 g/mol. The molecule has 0 saturated heterocycles. The van der Waals surface area contributed by atoms with Gasteiger partial charge in [0.1, 0.15) is 0 Å². The van der Waals surface area contributed by atoms with Gasteiger partial charge in [-0.25, -0.2) is 4.79 Å². The van der Waals surface area contributed by atoms with Crippen molar-refractivity contribution in [1.82, 2.24) is 4.90 Å². The first-order valence-electron chi connectivity index (χ1n) is 12.0.